The zero-order valence-electron chi connectivity index (χ0n) is 12.9. The van der Waals surface area contributed by atoms with E-state index in [2.05, 4.69) is 31.9 Å². The van der Waals surface area contributed by atoms with Gasteiger partial charge in [-0.1, -0.05) is 18.9 Å². The Morgan fingerprint density at radius 1 is 1.17 bits per heavy atom. The van der Waals surface area contributed by atoms with Crippen LogP contribution in [-0.4, -0.2) is 25.8 Å². The fourth-order valence-corrected chi connectivity index (χ4v) is 3.57. The van der Waals surface area contributed by atoms with Gasteiger partial charge in [-0.05, 0) is 25.0 Å². The van der Waals surface area contributed by atoms with Crippen LogP contribution in [0.15, 0.2) is 30.7 Å². The van der Waals surface area contributed by atoms with Gasteiger partial charge in [0.15, 0.2) is 5.65 Å². The molecule has 119 valence electrons. The molecule has 7 heteroatoms. The Morgan fingerprint density at radius 2 is 2.04 bits per heavy atom. The summed E-state index contributed by atoms with van der Waals surface area (Å²) in [4.78, 5) is 20.2. The van der Waals surface area contributed by atoms with Gasteiger partial charge in [-0.15, -0.1) is 0 Å². The molecular formula is C17H15N6O. The van der Waals surface area contributed by atoms with E-state index in [1.54, 1.807) is 0 Å². The van der Waals surface area contributed by atoms with Gasteiger partial charge < -0.3 is 5.32 Å². The summed E-state index contributed by atoms with van der Waals surface area (Å²) in [5.41, 5.74) is 3.82. The second-order valence-electron chi connectivity index (χ2n) is 6.28. The molecule has 3 heterocycles. The topological polar surface area (TPSA) is 86.8 Å². The lowest BCUT2D eigenvalue weighted by Crippen LogP contribution is -2.08. The third-order valence-corrected chi connectivity index (χ3v) is 4.77. The lowest BCUT2D eigenvalue weighted by atomic mass is 10.1. The minimum atomic E-state index is -0.330. The molecule has 1 aromatic carbocycles. The Labute approximate surface area is 138 Å². The van der Waals surface area contributed by atoms with E-state index < -0.39 is 0 Å². The number of nitrogens with zero attached hydrogens (tertiary/aromatic N) is 5. The predicted octanol–water partition coefficient (Wildman–Crippen LogP) is 3.39. The van der Waals surface area contributed by atoms with Crippen molar-refractivity contribution in [1.82, 2.24) is 25.1 Å². The largest absolute Gasteiger partial charge is 0.346 e. The number of hydrogen-bond acceptors (Lipinski definition) is 4. The summed E-state index contributed by atoms with van der Waals surface area (Å²) < 4.78 is 2.04. The average Bonchev–Trinajstić information content (AvgIpc) is 3.31. The number of rotatable bonds is 2. The van der Waals surface area contributed by atoms with Crippen LogP contribution in [0.1, 0.15) is 31.7 Å². The number of hydrogen-bond donors (Lipinski definition) is 1. The van der Waals surface area contributed by atoms with Gasteiger partial charge in [-0.2, -0.15) is 10.4 Å². The zero-order valence-corrected chi connectivity index (χ0v) is 12.9. The van der Waals surface area contributed by atoms with Crippen molar-refractivity contribution >= 4 is 28.4 Å². The minimum absolute atomic E-state index is 0.330. The first-order valence-corrected chi connectivity index (χ1v) is 8.15. The van der Waals surface area contributed by atoms with Crippen molar-refractivity contribution in [2.24, 2.45) is 0 Å². The van der Waals surface area contributed by atoms with Crippen LogP contribution in [0.5, 0.6) is 0 Å². The second kappa shape index (κ2) is 5.02. The predicted molar refractivity (Wildman–Crippen MR) is 89.1 cm³/mol. The fraction of sp³-hybridized carbons (Fsp3) is 0.294. The summed E-state index contributed by atoms with van der Waals surface area (Å²) in [7, 11) is 0. The highest BCUT2D eigenvalue weighted by atomic mass is 16.2. The monoisotopic (exact) mass is 319 g/mol. The number of aromatic nitrogens is 4. The molecule has 5 rings (SSSR count). The molecule has 1 radical (unpaired) electrons. The summed E-state index contributed by atoms with van der Waals surface area (Å²) >= 11 is 0. The average molecular weight is 319 g/mol. The summed E-state index contributed by atoms with van der Waals surface area (Å²) in [6.45, 7) is 0. The third-order valence-electron chi connectivity index (χ3n) is 4.77. The third kappa shape index (κ3) is 2.05. The molecule has 0 bridgehead atoms. The molecule has 24 heavy (non-hydrogen) atoms. The number of carbonyl (C=O) groups excluding carboxylic acids is 1. The molecule has 3 aromatic rings. The molecule has 0 saturated heterocycles. The van der Waals surface area contributed by atoms with Crippen molar-refractivity contribution in [3.8, 4) is 11.3 Å². The lowest BCUT2D eigenvalue weighted by Gasteiger charge is -2.07. The van der Waals surface area contributed by atoms with E-state index in [4.69, 9.17) is 0 Å². The second-order valence-corrected chi connectivity index (χ2v) is 6.28. The summed E-state index contributed by atoms with van der Waals surface area (Å²) in [5.74, 6) is 0. The van der Waals surface area contributed by atoms with Gasteiger partial charge in [0.05, 0.1) is 28.5 Å². The van der Waals surface area contributed by atoms with Crippen molar-refractivity contribution in [3.05, 3.63) is 30.7 Å². The zero-order chi connectivity index (χ0) is 16.1. The van der Waals surface area contributed by atoms with Crippen LogP contribution >= 0.6 is 0 Å². The van der Waals surface area contributed by atoms with Crippen molar-refractivity contribution in [2.45, 2.75) is 31.7 Å². The van der Waals surface area contributed by atoms with Crippen LogP contribution in [-0.2, 0) is 0 Å². The highest BCUT2D eigenvalue weighted by molar-refractivity contribution is 6.03. The molecule has 1 N–H and O–H groups in total. The molecule has 0 spiro atoms. The van der Waals surface area contributed by atoms with Crippen LogP contribution in [0.3, 0.4) is 0 Å². The van der Waals surface area contributed by atoms with Crippen LogP contribution in [0.4, 0.5) is 16.2 Å². The van der Waals surface area contributed by atoms with Gasteiger partial charge >= 0.3 is 6.03 Å². The number of carbonyl (C=O) groups is 1. The van der Waals surface area contributed by atoms with E-state index in [0.29, 0.717) is 17.4 Å². The molecule has 1 aliphatic carbocycles. The number of anilines is 1. The van der Waals surface area contributed by atoms with E-state index in [0.717, 1.165) is 22.3 Å². The molecule has 2 aromatic heterocycles. The summed E-state index contributed by atoms with van der Waals surface area (Å²) in [6, 6.07) is 5.80. The Morgan fingerprint density at radius 3 is 2.92 bits per heavy atom. The standard InChI is InChI=1S/C17H15N6O/c24-17-20-13-6-5-10(7-14(13)21-17)15-12-8-23(11-3-1-2-4-11)22-16(12)19-9-18-15/h5-9,11H,1-4H2,(H,20,24). The van der Waals surface area contributed by atoms with E-state index in [1.807, 2.05) is 22.9 Å². The molecule has 1 saturated carbocycles. The van der Waals surface area contributed by atoms with E-state index in [9.17, 15) is 4.79 Å². The Bertz CT molecular complexity index is 957. The summed E-state index contributed by atoms with van der Waals surface area (Å²) in [6.07, 6.45) is 8.44. The number of benzene rings is 1. The van der Waals surface area contributed by atoms with Crippen molar-refractivity contribution in [1.29, 1.82) is 0 Å². The molecule has 2 amide bonds. The van der Waals surface area contributed by atoms with Gasteiger partial charge in [0.1, 0.15) is 6.33 Å². The highest BCUT2D eigenvalue weighted by Crippen LogP contribution is 2.35. The molecule has 1 aliphatic heterocycles. The van der Waals surface area contributed by atoms with E-state index in [-0.39, 0.29) is 6.03 Å². The normalized spacial score (nSPS) is 17.1. The number of fused-ring (bicyclic) bond motifs is 2. The molecule has 7 nitrogen and oxygen atoms in total. The Kier molecular flexibility index (Phi) is 2.82. The first-order valence-electron chi connectivity index (χ1n) is 8.15. The van der Waals surface area contributed by atoms with Crippen molar-refractivity contribution in [2.75, 3.05) is 5.32 Å². The van der Waals surface area contributed by atoms with Crippen molar-refractivity contribution < 1.29 is 4.79 Å². The smallest absolute Gasteiger partial charge is 0.304 e. The van der Waals surface area contributed by atoms with Crippen LogP contribution in [0.25, 0.3) is 22.3 Å². The van der Waals surface area contributed by atoms with E-state index in [1.165, 1.54) is 32.0 Å². The molecule has 0 unspecified atom stereocenters. The fourth-order valence-electron chi connectivity index (χ4n) is 3.57. The number of nitrogens with one attached hydrogen (secondary N) is 1. The minimum Gasteiger partial charge on any atom is -0.304 e. The van der Waals surface area contributed by atoms with Crippen LogP contribution < -0.4 is 10.6 Å². The first kappa shape index (κ1) is 13.5. The van der Waals surface area contributed by atoms with Crippen LogP contribution in [0, 0.1) is 0 Å². The van der Waals surface area contributed by atoms with Gasteiger partial charge in [0, 0.05) is 11.8 Å². The van der Waals surface area contributed by atoms with Crippen molar-refractivity contribution in [3.63, 3.8) is 0 Å². The van der Waals surface area contributed by atoms with Crippen LogP contribution in [0.2, 0.25) is 0 Å². The Hall–Kier alpha value is -2.96. The molecular weight excluding hydrogens is 304 g/mol. The SMILES string of the molecule is O=C1[N]c2cc(-c3ncnc4nn(C5CCCC5)cc34)ccc2N1. The maximum Gasteiger partial charge on any atom is 0.346 e. The number of amides is 2. The quantitative estimate of drug-likeness (QED) is 0.784. The molecule has 0 atom stereocenters. The number of urea groups is 1. The molecule has 1 fully saturated rings. The van der Waals surface area contributed by atoms with Gasteiger partial charge in [-0.3, -0.25) is 4.68 Å². The van der Waals surface area contributed by atoms with Gasteiger partial charge in [0.2, 0.25) is 0 Å². The highest BCUT2D eigenvalue weighted by Gasteiger charge is 2.22. The van der Waals surface area contributed by atoms with E-state index >= 15 is 0 Å². The molecule has 2 aliphatic rings. The Balaban J connectivity index is 1.62. The maximum absolute atomic E-state index is 11.4. The van der Waals surface area contributed by atoms with Gasteiger partial charge in [-0.25, -0.2) is 14.8 Å². The first-order chi connectivity index (χ1) is 11.8. The van der Waals surface area contributed by atoms with Gasteiger partial charge in [0.25, 0.3) is 0 Å². The lowest BCUT2D eigenvalue weighted by molar-refractivity contribution is 0.256. The summed E-state index contributed by atoms with van der Waals surface area (Å²) in [5, 5.41) is 12.2. The maximum atomic E-state index is 11.4.